The maximum atomic E-state index is 13.3. The van der Waals surface area contributed by atoms with Crippen molar-refractivity contribution >= 4 is 40.1 Å². The van der Waals surface area contributed by atoms with Gasteiger partial charge in [0.15, 0.2) is 5.58 Å². The van der Waals surface area contributed by atoms with Gasteiger partial charge in [0.25, 0.3) is 11.5 Å². The zero-order valence-corrected chi connectivity index (χ0v) is 17.6. The average molecular weight is 436 g/mol. The van der Waals surface area contributed by atoms with Crippen LogP contribution in [0.2, 0.25) is 10.0 Å². The lowest BCUT2D eigenvalue weighted by molar-refractivity contribution is 0.0726. The van der Waals surface area contributed by atoms with E-state index >= 15 is 0 Å². The SMILES string of the molecule is Cc1[nH]c(=O)c(CN2CCc3c(Cl)cc(OC(C)C)c(Cl)c3C2=O)c2cnoc12. The summed E-state index contributed by atoms with van der Waals surface area (Å²) in [5.41, 5.74) is 2.25. The van der Waals surface area contributed by atoms with Crippen molar-refractivity contribution in [1.29, 1.82) is 0 Å². The molecule has 1 amide bonds. The average Bonchev–Trinajstić information content (AvgIpc) is 3.14. The first kappa shape index (κ1) is 19.8. The largest absolute Gasteiger partial charge is 0.489 e. The number of rotatable bonds is 4. The highest BCUT2D eigenvalue weighted by molar-refractivity contribution is 6.38. The molecule has 2 aromatic heterocycles. The summed E-state index contributed by atoms with van der Waals surface area (Å²) >= 11 is 12.9. The van der Waals surface area contributed by atoms with E-state index in [4.69, 9.17) is 32.5 Å². The number of aryl methyl sites for hydroxylation is 1. The molecule has 1 aromatic carbocycles. The quantitative estimate of drug-likeness (QED) is 0.665. The summed E-state index contributed by atoms with van der Waals surface area (Å²) in [4.78, 5) is 30.1. The lowest BCUT2D eigenvalue weighted by atomic mass is 9.97. The summed E-state index contributed by atoms with van der Waals surface area (Å²) < 4.78 is 10.9. The number of carbonyl (C=O) groups excluding carboxylic acids is 1. The molecule has 0 bridgehead atoms. The van der Waals surface area contributed by atoms with Crippen molar-refractivity contribution in [2.24, 2.45) is 0 Å². The second-order valence-corrected chi connectivity index (χ2v) is 8.08. The number of fused-ring (bicyclic) bond motifs is 2. The van der Waals surface area contributed by atoms with Gasteiger partial charge in [-0.2, -0.15) is 0 Å². The molecule has 29 heavy (non-hydrogen) atoms. The first-order chi connectivity index (χ1) is 13.8. The molecule has 152 valence electrons. The lowest BCUT2D eigenvalue weighted by Crippen LogP contribution is -2.39. The third-order valence-corrected chi connectivity index (χ3v) is 5.65. The molecule has 0 aliphatic carbocycles. The number of hydrogen-bond donors (Lipinski definition) is 1. The van der Waals surface area contributed by atoms with E-state index < -0.39 is 0 Å². The summed E-state index contributed by atoms with van der Waals surface area (Å²) in [7, 11) is 0. The Labute approximate surface area is 176 Å². The van der Waals surface area contributed by atoms with Gasteiger partial charge in [0, 0.05) is 23.2 Å². The molecule has 0 atom stereocenters. The number of benzene rings is 1. The first-order valence-corrected chi connectivity index (χ1v) is 9.96. The highest BCUT2D eigenvalue weighted by atomic mass is 35.5. The van der Waals surface area contributed by atoms with Crippen LogP contribution in [0.15, 0.2) is 21.6 Å². The predicted molar refractivity (Wildman–Crippen MR) is 110 cm³/mol. The maximum absolute atomic E-state index is 13.3. The van der Waals surface area contributed by atoms with E-state index in [9.17, 15) is 9.59 Å². The van der Waals surface area contributed by atoms with E-state index in [1.807, 2.05) is 13.8 Å². The van der Waals surface area contributed by atoms with Crippen LogP contribution in [0, 0.1) is 6.92 Å². The summed E-state index contributed by atoms with van der Waals surface area (Å²) in [6.45, 7) is 5.98. The lowest BCUT2D eigenvalue weighted by Gasteiger charge is -2.30. The highest BCUT2D eigenvalue weighted by Gasteiger charge is 2.31. The Balaban J connectivity index is 1.74. The predicted octanol–water partition coefficient (Wildman–Crippen LogP) is 4.12. The molecule has 3 heterocycles. The zero-order valence-electron chi connectivity index (χ0n) is 16.1. The van der Waals surface area contributed by atoms with Crippen LogP contribution in [0.25, 0.3) is 11.0 Å². The summed E-state index contributed by atoms with van der Waals surface area (Å²) in [6.07, 6.45) is 1.90. The molecule has 4 rings (SSSR count). The zero-order chi connectivity index (χ0) is 20.9. The van der Waals surface area contributed by atoms with Crippen LogP contribution >= 0.6 is 23.2 Å². The summed E-state index contributed by atoms with van der Waals surface area (Å²) in [5.74, 6) is 0.0761. The van der Waals surface area contributed by atoms with Gasteiger partial charge in [0.1, 0.15) is 5.75 Å². The molecule has 9 heteroatoms. The minimum atomic E-state index is -0.295. The Morgan fingerprint density at radius 2 is 2.10 bits per heavy atom. The van der Waals surface area contributed by atoms with Crippen molar-refractivity contribution in [2.45, 2.75) is 39.8 Å². The monoisotopic (exact) mass is 435 g/mol. The number of H-pyrrole nitrogens is 1. The van der Waals surface area contributed by atoms with Gasteiger partial charge in [-0.15, -0.1) is 0 Å². The minimum absolute atomic E-state index is 0.106. The normalized spacial score (nSPS) is 14.0. The van der Waals surface area contributed by atoms with Crippen molar-refractivity contribution in [3.05, 3.63) is 55.0 Å². The molecule has 0 unspecified atom stereocenters. The molecule has 3 aromatic rings. The number of hydrogen-bond acceptors (Lipinski definition) is 5. The van der Waals surface area contributed by atoms with Crippen LogP contribution in [-0.2, 0) is 13.0 Å². The van der Waals surface area contributed by atoms with Crippen LogP contribution < -0.4 is 10.3 Å². The first-order valence-electron chi connectivity index (χ1n) is 9.20. The van der Waals surface area contributed by atoms with E-state index in [1.54, 1.807) is 17.9 Å². The van der Waals surface area contributed by atoms with Gasteiger partial charge < -0.3 is 19.1 Å². The fourth-order valence-electron chi connectivity index (χ4n) is 3.60. The van der Waals surface area contributed by atoms with Crippen molar-refractivity contribution in [2.75, 3.05) is 6.54 Å². The van der Waals surface area contributed by atoms with E-state index in [2.05, 4.69) is 10.1 Å². The Morgan fingerprint density at radius 1 is 1.34 bits per heavy atom. The Hall–Kier alpha value is -2.51. The van der Waals surface area contributed by atoms with Gasteiger partial charge in [0.05, 0.1) is 40.5 Å². The third-order valence-electron chi connectivity index (χ3n) is 4.94. The molecule has 1 N–H and O–H groups in total. The van der Waals surface area contributed by atoms with Gasteiger partial charge in [-0.1, -0.05) is 28.4 Å². The number of aromatic amines is 1. The smallest absolute Gasteiger partial charge is 0.256 e. The highest BCUT2D eigenvalue weighted by Crippen LogP contribution is 2.39. The Morgan fingerprint density at radius 3 is 2.83 bits per heavy atom. The van der Waals surface area contributed by atoms with Crippen molar-refractivity contribution < 1.29 is 14.1 Å². The number of aromatic nitrogens is 2. The fourth-order valence-corrected chi connectivity index (χ4v) is 4.18. The minimum Gasteiger partial charge on any atom is -0.489 e. The molecular weight excluding hydrogens is 417 g/mol. The van der Waals surface area contributed by atoms with Gasteiger partial charge in [0.2, 0.25) is 0 Å². The summed E-state index contributed by atoms with van der Waals surface area (Å²) in [5, 5.41) is 5.06. The van der Waals surface area contributed by atoms with Crippen molar-refractivity contribution in [1.82, 2.24) is 15.0 Å². The van der Waals surface area contributed by atoms with Gasteiger partial charge in [-0.25, -0.2) is 0 Å². The number of nitrogens with one attached hydrogen (secondary N) is 1. The molecular formula is C20H19Cl2N3O4. The molecule has 0 saturated carbocycles. The van der Waals surface area contributed by atoms with Gasteiger partial charge >= 0.3 is 0 Å². The van der Waals surface area contributed by atoms with E-state index in [0.29, 0.717) is 57.1 Å². The number of nitrogens with zero attached hydrogens (tertiary/aromatic N) is 2. The van der Waals surface area contributed by atoms with E-state index in [0.717, 1.165) is 0 Å². The van der Waals surface area contributed by atoms with Gasteiger partial charge in [-0.3, -0.25) is 9.59 Å². The molecule has 0 radical (unpaired) electrons. The standard InChI is InChI=1S/C20H19Cl2N3O4/c1-9(2)28-15-6-14(21)11-4-5-25(20(27)16(11)17(15)22)8-13-12-7-23-29-18(12)10(3)24-19(13)26/h6-7,9H,4-5,8H2,1-3H3,(H,24,26). The molecule has 7 nitrogen and oxygen atoms in total. The molecule has 1 aliphatic rings. The van der Waals surface area contributed by atoms with Crippen LogP contribution in [0.5, 0.6) is 5.75 Å². The fraction of sp³-hybridized carbons (Fsp3) is 0.350. The number of carbonyl (C=O) groups is 1. The van der Waals surface area contributed by atoms with Crippen molar-refractivity contribution in [3.8, 4) is 5.75 Å². The summed E-state index contributed by atoms with van der Waals surface area (Å²) in [6, 6.07) is 1.65. The molecule has 0 spiro atoms. The second-order valence-electron chi connectivity index (χ2n) is 7.29. The molecule has 1 aliphatic heterocycles. The number of halogens is 2. The van der Waals surface area contributed by atoms with Gasteiger partial charge in [-0.05, 0) is 32.8 Å². The van der Waals surface area contributed by atoms with Crippen LogP contribution in [0.3, 0.4) is 0 Å². The topological polar surface area (TPSA) is 88.4 Å². The van der Waals surface area contributed by atoms with E-state index in [-0.39, 0.29) is 29.1 Å². The molecule has 0 fully saturated rings. The second kappa shape index (κ2) is 7.39. The number of amides is 1. The van der Waals surface area contributed by atoms with Crippen LogP contribution in [0.1, 0.15) is 41.0 Å². The van der Waals surface area contributed by atoms with Crippen LogP contribution in [-0.4, -0.2) is 33.6 Å². The van der Waals surface area contributed by atoms with Crippen molar-refractivity contribution in [3.63, 3.8) is 0 Å². The molecule has 0 saturated heterocycles. The Bertz CT molecular complexity index is 1180. The number of pyridine rings is 1. The van der Waals surface area contributed by atoms with E-state index in [1.165, 1.54) is 6.20 Å². The Kier molecular flexibility index (Phi) is 5.04. The van der Waals surface area contributed by atoms with Crippen LogP contribution in [0.4, 0.5) is 0 Å². The number of ether oxygens (including phenoxy) is 1. The maximum Gasteiger partial charge on any atom is 0.256 e. The third kappa shape index (κ3) is 3.38.